The molecular weight excluding hydrogens is 338 g/mol. The number of hydrogen-bond acceptors (Lipinski definition) is 3. The Morgan fingerprint density at radius 3 is 2.74 bits per heavy atom. The Bertz CT molecular complexity index is 983. The van der Waals surface area contributed by atoms with Crippen LogP contribution in [0.2, 0.25) is 0 Å². The maximum absolute atomic E-state index is 13.5. The number of rotatable bonds is 5. The van der Waals surface area contributed by atoms with Crippen molar-refractivity contribution in [3.8, 4) is 5.69 Å². The highest BCUT2D eigenvalue weighted by atomic mass is 16.2. The average Bonchev–Trinajstić information content (AvgIpc) is 3.10. The van der Waals surface area contributed by atoms with Crippen LogP contribution >= 0.6 is 0 Å². The summed E-state index contributed by atoms with van der Waals surface area (Å²) in [6.45, 7) is 0.542. The van der Waals surface area contributed by atoms with Crippen LogP contribution in [0.3, 0.4) is 0 Å². The summed E-state index contributed by atoms with van der Waals surface area (Å²) in [5, 5.41) is 4.78. The first kappa shape index (κ1) is 16.3. The molecule has 2 heterocycles. The molecule has 3 aromatic rings. The van der Waals surface area contributed by atoms with Gasteiger partial charge < -0.3 is 9.47 Å². The molecule has 138 valence electrons. The molecule has 6 heteroatoms. The maximum atomic E-state index is 13.5. The van der Waals surface area contributed by atoms with E-state index in [1.165, 1.54) is 5.69 Å². The second kappa shape index (κ2) is 6.37. The molecule has 0 radical (unpaired) electrons. The van der Waals surface area contributed by atoms with E-state index in [4.69, 9.17) is 5.10 Å². The summed E-state index contributed by atoms with van der Waals surface area (Å²) in [7, 11) is 1.97. The van der Waals surface area contributed by atoms with Gasteiger partial charge in [-0.05, 0) is 44.2 Å². The van der Waals surface area contributed by atoms with Gasteiger partial charge in [0, 0.05) is 36.7 Å². The fourth-order valence-corrected chi connectivity index (χ4v) is 3.98. The predicted molar refractivity (Wildman–Crippen MR) is 102 cm³/mol. The van der Waals surface area contributed by atoms with E-state index in [1.54, 1.807) is 6.20 Å². The molecule has 6 nitrogen and oxygen atoms in total. The van der Waals surface area contributed by atoms with Crippen LogP contribution in [-0.2, 0) is 26.4 Å². The van der Waals surface area contributed by atoms with E-state index < -0.39 is 0 Å². The van der Waals surface area contributed by atoms with Gasteiger partial charge in [0.15, 0.2) is 5.69 Å². The molecule has 1 saturated carbocycles. The van der Waals surface area contributed by atoms with Gasteiger partial charge in [0.2, 0.25) is 0 Å². The molecule has 27 heavy (non-hydrogen) atoms. The van der Waals surface area contributed by atoms with Crippen LogP contribution in [0.15, 0.2) is 42.7 Å². The van der Waals surface area contributed by atoms with Crippen LogP contribution in [0.25, 0.3) is 5.69 Å². The summed E-state index contributed by atoms with van der Waals surface area (Å²) in [6, 6.07) is 10.4. The summed E-state index contributed by atoms with van der Waals surface area (Å²) >= 11 is 0. The van der Waals surface area contributed by atoms with Crippen molar-refractivity contribution in [3.63, 3.8) is 0 Å². The van der Waals surface area contributed by atoms with Gasteiger partial charge in [-0.15, -0.1) is 0 Å². The van der Waals surface area contributed by atoms with Gasteiger partial charge in [-0.2, -0.15) is 5.10 Å². The second-order valence-electron chi connectivity index (χ2n) is 7.49. The van der Waals surface area contributed by atoms with Gasteiger partial charge in [0.1, 0.15) is 5.82 Å². The molecule has 5 rings (SSSR count). The minimum Gasteiger partial charge on any atom is -0.337 e. The first-order chi connectivity index (χ1) is 13.2. The number of carbonyl (C=O) groups is 1. The van der Waals surface area contributed by atoms with Crippen molar-refractivity contribution in [2.75, 3.05) is 0 Å². The lowest BCUT2D eigenvalue weighted by molar-refractivity contribution is 0.0716. The van der Waals surface area contributed by atoms with Gasteiger partial charge in [0.05, 0.1) is 12.2 Å². The number of aryl methyl sites for hydroxylation is 1. The molecular formula is C21H23N5O. The topological polar surface area (TPSA) is 56.0 Å². The Morgan fingerprint density at radius 1 is 1.22 bits per heavy atom. The predicted octanol–water partition coefficient (Wildman–Crippen LogP) is 2.90. The molecule has 0 saturated heterocycles. The minimum atomic E-state index is 0.0494. The minimum absolute atomic E-state index is 0.0494. The third kappa shape index (κ3) is 2.85. The van der Waals surface area contributed by atoms with Gasteiger partial charge in [-0.1, -0.05) is 18.2 Å². The van der Waals surface area contributed by atoms with Crippen LogP contribution < -0.4 is 0 Å². The number of imidazole rings is 1. The van der Waals surface area contributed by atoms with Crippen LogP contribution in [-0.4, -0.2) is 36.2 Å². The molecule has 0 bridgehead atoms. The van der Waals surface area contributed by atoms with Crippen LogP contribution in [0.1, 0.15) is 46.8 Å². The summed E-state index contributed by atoms with van der Waals surface area (Å²) in [5.74, 6) is 0.961. The zero-order chi connectivity index (χ0) is 18.4. The summed E-state index contributed by atoms with van der Waals surface area (Å²) in [4.78, 5) is 19.9. The van der Waals surface area contributed by atoms with Crippen molar-refractivity contribution >= 4 is 5.91 Å². The largest absolute Gasteiger partial charge is 0.337 e. The molecule has 0 spiro atoms. The van der Waals surface area contributed by atoms with E-state index in [1.807, 2.05) is 57.7 Å². The molecule has 1 amide bonds. The number of benzene rings is 1. The lowest BCUT2D eigenvalue weighted by Gasteiger charge is -2.21. The van der Waals surface area contributed by atoms with E-state index in [-0.39, 0.29) is 5.91 Å². The van der Waals surface area contributed by atoms with E-state index >= 15 is 0 Å². The Balaban J connectivity index is 1.52. The zero-order valence-corrected chi connectivity index (χ0v) is 15.5. The van der Waals surface area contributed by atoms with Crippen molar-refractivity contribution in [3.05, 3.63) is 65.5 Å². The molecule has 2 aromatic heterocycles. The lowest BCUT2D eigenvalue weighted by atomic mass is 10.1. The van der Waals surface area contributed by atoms with Crippen LogP contribution in [0.4, 0.5) is 0 Å². The smallest absolute Gasteiger partial charge is 0.275 e. The zero-order valence-electron chi connectivity index (χ0n) is 15.5. The molecule has 2 aliphatic rings. The highest BCUT2D eigenvalue weighted by Crippen LogP contribution is 2.33. The Morgan fingerprint density at radius 2 is 2.04 bits per heavy atom. The Kier molecular flexibility index (Phi) is 3.85. The van der Waals surface area contributed by atoms with Crippen molar-refractivity contribution in [2.24, 2.45) is 7.05 Å². The quantitative estimate of drug-likeness (QED) is 0.702. The summed E-state index contributed by atoms with van der Waals surface area (Å²) < 4.78 is 3.96. The summed E-state index contributed by atoms with van der Waals surface area (Å²) in [6.07, 6.45) is 8.84. The number of nitrogens with zero attached hydrogens (tertiary/aromatic N) is 5. The monoisotopic (exact) mass is 361 g/mol. The van der Waals surface area contributed by atoms with Crippen LogP contribution in [0.5, 0.6) is 0 Å². The standard InChI is InChI=1S/C21H23N5O/c1-24-13-12-22-19(24)14-25(15-10-11-15)21(27)20-17-8-5-9-18(17)26(23-20)16-6-3-2-4-7-16/h2-4,6-7,12-13,15H,5,8-11,14H2,1H3. The van der Waals surface area contributed by atoms with Gasteiger partial charge in [-0.25, -0.2) is 9.67 Å². The molecule has 0 atom stereocenters. The van der Waals surface area contributed by atoms with Crippen LogP contribution in [0, 0.1) is 0 Å². The molecule has 2 aliphatic carbocycles. The number of aromatic nitrogens is 4. The highest BCUT2D eigenvalue weighted by molar-refractivity contribution is 5.94. The SMILES string of the molecule is Cn1ccnc1CN(C(=O)c1nn(-c2ccccc2)c2c1CCC2)C1CC1. The summed E-state index contributed by atoms with van der Waals surface area (Å²) in [5.41, 5.74) is 3.98. The van der Waals surface area contributed by atoms with Gasteiger partial charge in [0.25, 0.3) is 5.91 Å². The molecule has 0 N–H and O–H groups in total. The molecule has 0 aliphatic heterocycles. The number of amides is 1. The fourth-order valence-electron chi connectivity index (χ4n) is 3.98. The first-order valence-electron chi connectivity index (χ1n) is 9.65. The number of para-hydroxylation sites is 1. The van der Waals surface area contributed by atoms with Crippen molar-refractivity contribution in [1.29, 1.82) is 0 Å². The average molecular weight is 361 g/mol. The van der Waals surface area contributed by atoms with E-state index in [9.17, 15) is 4.79 Å². The van der Waals surface area contributed by atoms with Gasteiger partial charge in [-0.3, -0.25) is 4.79 Å². The van der Waals surface area contributed by atoms with E-state index in [0.717, 1.165) is 49.2 Å². The van der Waals surface area contributed by atoms with E-state index in [2.05, 4.69) is 4.98 Å². The molecule has 1 aromatic carbocycles. The van der Waals surface area contributed by atoms with E-state index in [0.29, 0.717) is 18.3 Å². The van der Waals surface area contributed by atoms with Crippen molar-refractivity contribution in [2.45, 2.75) is 44.7 Å². The van der Waals surface area contributed by atoms with Crippen molar-refractivity contribution in [1.82, 2.24) is 24.2 Å². The lowest BCUT2D eigenvalue weighted by Crippen LogP contribution is -2.34. The third-order valence-corrected chi connectivity index (χ3v) is 5.61. The number of carbonyl (C=O) groups excluding carboxylic acids is 1. The number of fused-ring (bicyclic) bond motifs is 1. The third-order valence-electron chi connectivity index (χ3n) is 5.61. The Hall–Kier alpha value is -2.89. The highest BCUT2D eigenvalue weighted by Gasteiger charge is 2.37. The van der Waals surface area contributed by atoms with Crippen molar-refractivity contribution < 1.29 is 4.79 Å². The molecule has 0 unspecified atom stereocenters. The first-order valence-corrected chi connectivity index (χ1v) is 9.65. The molecule has 1 fully saturated rings. The van der Waals surface area contributed by atoms with Gasteiger partial charge >= 0.3 is 0 Å². The fraction of sp³-hybridized carbons (Fsp3) is 0.381. The maximum Gasteiger partial charge on any atom is 0.275 e. The second-order valence-corrected chi connectivity index (χ2v) is 7.49. The normalized spacial score (nSPS) is 15.7. The Labute approximate surface area is 158 Å². The number of hydrogen-bond donors (Lipinski definition) is 0.